The lowest BCUT2D eigenvalue weighted by atomic mass is 10.0. The quantitative estimate of drug-likeness (QED) is 0.702. The van der Waals surface area contributed by atoms with E-state index in [0.717, 1.165) is 12.1 Å². The summed E-state index contributed by atoms with van der Waals surface area (Å²) >= 11 is 0. The van der Waals surface area contributed by atoms with Crippen LogP contribution in [0, 0.1) is 11.3 Å². The normalized spacial score (nSPS) is 24.8. The molecule has 1 aromatic rings. The van der Waals surface area contributed by atoms with Crippen molar-refractivity contribution in [1.82, 2.24) is 5.32 Å². The van der Waals surface area contributed by atoms with Crippen LogP contribution in [0.15, 0.2) is 24.3 Å². The number of carboxylic acids is 1. The Hall–Kier alpha value is -1.88. The minimum absolute atomic E-state index is 0.103. The maximum absolute atomic E-state index is 12.1. The maximum atomic E-state index is 12.1. The fraction of sp³-hybridized carbons (Fsp3) is 0.429. The Morgan fingerprint density at radius 2 is 1.95 bits per heavy atom. The van der Waals surface area contributed by atoms with Gasteiger partial charge in [0.25, 0.3) is 0 Å². The lowest BCUT2D eigenvalue weighted by Crippen LogP contribution is -2.32. The summed E-state index contributed by atoms with van der Waals surface area (Å²) in [5.74, 6) is -1.56. The van der Waals surface area contributed by atoms with Gasteiger partial charge in [-0.25, -0.2) is 0 Å². The standard InChI is InChI=1S/C14H18N2O3/c1-9-7-14(9,13(18)19)12(17)16-11-5-3-10(4-6-11)8-15-2/h3-6,9,15H,7-8H2,1-2H3,(H,16,17)(H,18,19)/t9-,14+/m1/s1. The molecule has 0 aromatic heterocycles. The van der Waals surface area contributed by atoms with Crippen molar-refractivity contribution >= 4 is 17.6 Å². The number of carbonyl (C=O) groups excluding carboxylic acids is 1. The van der Waals surface area contributed by atoms with Gasteiger partial charge in [-0.2, -0.15) is 0 Å². The van der Waals surface area contributed by atoms with Crippen LogP contribution in [0.4, 0.5) is 5.69 Å². The molecule has 0 spiro atoms. The number of rotatable bonds is 5. The Morgan fingerprint density at radius 3 is 2.37 bits per heavy atom. The first-order valence-electron chi connectivity index (χ1n) is 6.29. The Balaban J connectivity index is 2.05. The summed E-state index contributed by atoms with van der Waals surface area (Å²) in [4.78, 5) is 23.3. The van der Waals surface area contributed by atoms with Gasteiger partial charge in [0.15, 0.2) is 0 Å². The van der Waals surface area contributed by atoms with Gasteiger partial charge in [-0.05, 0) is 37.1 Å². The zero-order valence-corrected chi connectivity index (χ0v) is 11.1. The average molecular weight is 262 g/mol. The van der Waals surface area contributed by atoms with E-state index in [-0.39, 0.29) is 5.92 Å². The van der Waals surface area contributed by atoms with E-state index in [0.29, 0.717) is 12.1 Å². The third-order valence-electron chi connectivity index (χ3n) is 3.69. The smallest absolute Gasteiger partial charge is 0.319 e. The number of benzene rings is 1. The topological polar surface area (TPSA) is 78.4 Å². The summed E-state index contributed by atoms with van der Waals surface area (Å²) in [5, 5.41) is 14.9. The molecule has 19 heavy (non-hydrogen) atoms. The first-order valence-corrected chi connectivity index (χ1v) is 6.29. The van der Waals surface area contributed by atoms with Gasteiger partial charge >= 0.3 is 5.97 Å². The van der Waals surface area contributed by atoms with E-state index in [9.17, 15) is 9.59 Å². The van der Waals surface area contributed by atoms with Gasteiger partial charge in [0.2, 0.25) is 5.91 Å². The molecule has 1 aromatic carbocycles. The van der Waals surface area contributed by atoms with E-state index < -0.39 is 17.3 Å². The zero-order chi connectivity index (χ0) is 14.0. The molecule has 2 rings (SSSR count). The lowest BCUT2D eigenvalue weighted by Gasteiger charge is -2.12. The van der Waals surface area contributed by atoms with Gasteiger partial charge in [0.05, 0.1) is 0 Å². The second-order valence-corrected chi connectivity index (χ2v) is 5.06. The number of amides is 1. The number of carboxylic acid groups (broad SMARTS) is 1. The molecule has 0 heterocycles. The second-order valence-electron chi connectivity index (χ2n) is 5.06. The summed E-state index contributed by atoms with van der Waals surface area (Å²) in [7, 11) is 1.86. The van der Waals surface area contributed by atoms with Gasteiger partial charge in [0.1, 0.15) is 5.41 Å². The van der Waals surface area contributed by atoms with Gasteiger partial charge in [-0.15, -0.1) is 0 Å². The van der Waals surface area contributed by atoms with Crippen molar-refractivity contribution in [2.45, 2.75) is 19.9 Å². The fourth-order valence-electron chi connectivity index (χ4n) is 2.29. The Morgan fingerprint density at radius 1 is 1.37 bits per heavy atom. The predicted molar refractivity (Wildman–Crippen MR) is 71.7 cm³/mol. The van der Waals surface area contributed by atoms with E-state index in [2.05, 4.69) is 10.6 Å². The first-order chi connectivity index (χ1) is 9.00. The molecule has 1 aliphatic carbocycles. The third-order valence-corrected chi connectivity index (χ3v) is 3.69. The van der Waals surface area contributed by atoms with E-state index in [1.54, 1.807) is 19.1 Å². The zero-order valence-electron chi connectivity index (χ0n) is 11.1. The minimum atomic E-state index is -1.23. The van der Waals surface area contributed by atoms with Crippen LogP contribution in [0.5, 0.6) is 0 Å². The largest absolute Gasteiger partial charge is 0.480 e. The van der Waals surface area contributed by atoms with Crippen molar-refractivity contribution in [3.05, 3.63) is 29.8 Å². The molecule has 5 heteroatoms. The number of carbonyl (C=O) groups is 2. The van der Waals surface area contributed by atoms with Crippen LogP contribution in [-0.2, 0) is 16.1 Å². The highest BCUT2D eigenvalue weighted by Gasteiger charge is 2.63. The lowest BCUT2D eigenvalue weighted by molar-refractivity contribution is -0.148. The van der Waals surface area contributed by atoms with Gasteiger partial charge < -0.3 is 15.7 Å². The molecule has 102 valence electrons. The van der Waals surface area contributed by atoms with Crippen molar-refractivity contribution < 1.29 is 14.7 Å². The van der Waals surface area contributed by atoms with Crippen LogP contribution in [0.3, 0.4) is 0 Å². The molecule has 1 aliphatic rings. The van der Waals surface area contributed by atoms with Gasteiger partial charge in [-0.1, -0.05) is 19.1 Å². The SMILES string of the molecule is CNCc1ccc(NC(=O)[C@]2(C(=O)O)C[C@H]2C)cc1. The first kappa shape index (κ1) is 13.5. The molecule has 1 fully saturated rings. The molecule has 5 nitrogen and oxygen atoms in total. The number of hydrogen-bond donors (Lipinski definition) is 3. The van der Waals surface area contributed by atoms with Crippen molar-refractivity contribution in [1.29, 1.82) is 0 Å². The molecular weight excluding hydrogens is 244 g/mol. The molecule has 0 unspecified atom stereocenters. The van der Waals surface area contributed by atoms with E-state index >= 15 is 0 Å². The van der Waals surface area contributed by atoms with Crippen molar-refractivity contribution in [3.63, 3.8) is 0 Å². The Bertz CT molecular complexity index is 498. The van der Waals surface area contributed by atoms with Crippen LogP contribution in [-0.4, -0.2) is 24.0 Å². The molecule has 1 amide bonds. The highest BCUT2D eigenvalue weighted by Crippen LogP contribution is 2.53. The average Bonchev–Trinajstić information content (AvgIpc) is 3.05. The fourth-order valence-corrected chi connectivity index (χ4v) is 2.29. The minimum Gasteiger partial charge on any atom is -0.480 e. The summed E-state index contributed by atoms with van der Waals surface area (Å²) in [6.07, 6.45) is 0.409. The van der Waals surface area contributed by atoms with Crippen LogP contribution < -0.4 is 10.6 Å². The van der Waals surface area contributed by atoms with E-state index in [1.807, 2.05) is 19.2 Å². The molecular formula is C14H18N2O3. The monoisotopic (exact) mass is 262 g/mol. The molecule has 0 bridgehead atoms. The highest BCUT2D eigenvalue weighted by molar-refractivity contribution is 6.11. The van der Waals surface area contributed by atoms with Crippen molar-refractivity contribution in [3.8, 4) is 0 Å². The number of anilines is 1. The van der Waals surface area contributed by atoms with Crippen LogP contribution >= 0.6 is 0 Å². The molecule has 0 aliphatic heterocycles. The maximum Gasteiger partial charge on any atom is 0.319 e. The molecule has 2 atom stereocenters. The third kappa shape index (κ3) is 2.46. The summed E-state index contributed by atoms with van der Waals surface area (Å²) in [6.45, 7) is 2.54. The van der Waals surface area contributed by atoms with Crippen molar-refractivity contribution in [2.75, 3.05) is 12.4 Å². The molecule has 0 radical (unpaired) electrons. The molecule has 1 saturated carbocycles. The number of nitrogens with one attached hydrogen (secondary N) is 2. The summed E-state index contributed by atoms with van der Waals surface area (Å²) in [6, 6.07) is 7.37. The van der Waals surface area contributed by atoms with Gasteiger partial charge in [-0.3, -0.25) is 9.59 Å². The molecule has 0 saturated heterocycles. The van der Waals surface area contributed by atoms with Crippen LogP contribution in [0.2, 0.25) is 0 Å². The van der Waals surface area contributed by atoms with Crippen LogP contribution in [0.1, 0.15) is 18.9 Å². The summed E-state index contributed by atoms with van der Waals surface area (Å²) < 4.78 is 0. The van der Waals surface area contributed by atoms with E-state index in [4.69, 9.17) is 5.11 Å². The van der Waals surface area contributed by atoms with Crippen molar-refractivity contribution in [2.24, 2.45) is 11.3 Å². The number of aliphatic carboxylic acids is 1. The van der Waals surface area contributed by atoms with E-state index in [1.165, 1.54) is 0 Å². The summed E-state index contributed by atoms with van der Waals surface area (Å²) in [5.41, 5.74) is 0.502. The Labute approximate surface area is 112 Å². The predicted octanol–water partition coefficient (Wildman–Crippen LogP) is 1.46. The highest BCUT2D eigenvalue weighted by atomic mass is 16.4. The molecule has 3 N–H and O–H groups in total. The van der Waals surface area contributed by atoms with Crippen LogP contribution in [0.25, 0.3) is 0 Å². The Kier molecular flexibility index (Phi) is 3.57. The van der Waals surface area contributed by atoms with Gasteiger partial charge in [0, 0.05) is 12.2 Å². The second kappa shape index (κ2) is 5.01. The number of hydrogen-bond acceptors (Lipinski definition) is 3.